The number of rotatable bonds is 4. The van der Waals surface area contributed by atoms with Gasteiger partial charge in [-0.1, -0.05) is 98.8 Å². The van der Waals surface area contributed by atoms with Gasteiger partial charge in [-0.25, -0.2) is 0 Å². The Balaban J connectivity index is 1.65. The SMILES string of the molecule is CC(C)c1ccc(C2NC(c3ccccc3)C(c3ccccc3)N2)cc1. The lowest BCUT2D eigenvalue weighted by molar-refractivity contribution is 0.554. The van der Waals surface area contributed by atoms with Crippen molar-refractivity contribution >= 4 is 0 Å². The van der Waals surface area contributed by atoms with E-state index in [4.69, 9.17) is 0 Å². The van der Waals surface area contributed by atoms with Crippen molar-refractivity contribution in [1.29, 1.82) is 0 Å². The van der Waals surface area contributed by atoms with Gasteiger partial charge in [-0.2, -0.15) is 0 Å². The molecular weight excluding hydrogens is 316 g/mol. The van der Waals surface area contributed by atoms with Crippen LogP contribution in [-0.4, -0.2) is 0 Å². The molecule has 2 unspecified atom stereocenters. The minimum Gasteiger partial charge on any atom is -0.289 e. The Labute approximate surface area is 156 Å². The molecule has 3 aromatic carbocycles. The van der Waals surface area contributed by atoms with Crippen molar-refractivity contribution in [3.05, 3.63) is 107 Å². The molecule has 2 atom stereocenters. The Morgan fingerprint density at radius 1 is 0.577 bits per heavy atom. The molecule has 0 radical (unpaired) electrons. The highest BCUT2D eigenvalue weighted by Crippen LogP contribution is 2.37. The van der Waals surface area contributed by atoms with E-state index in [9.17, 15) is 0 Å². The van der Waals surface area contributed by atoms with Crippen LogP contribution >= 0.6 is 0 Å². The molecule has 3 aromatic rings. The summed E-state index contributed by atoms with van der Waals surface area (Å²) >= 11 is 0. The van der Waals surface area contributed by atoms with E-state index in [2.05, 4.69) is 109 Å². The quantitative estimate of drug-likeness (QED) is 0.655. The largest absolute Gasteiger partial charge is 0.289 e. The summed E-state index contributed by atoms with van der Waals surface area (Å²) < 4.78 is 0. The first-order valence-corrected chi connectivity index (χ1v) is 9.44. The van der Waals surface area contributed by atoms with Gasteiger partial charge < -0.3 is 0 Å². The summed E-state index contributed by atoms with van der Waals surface area (Å²) in [5, 5.41) is 7.62. The van der Waals surface area contributed by atoms with E-state index in [1.165, 1.54) is 22.3 Å². The lowest BCUT2D eigenvalue weighted by Crippen LogP contribution is -2.22. The highest BCUT2D eigenvalue weighted by atomic mass is 15.2. The summed E-state index contributed by atoms with van der Waals surface area (Å²) in [4.78, 5) is 0. The second-order valence-corrected chi connectivity index (χ2v) is 7.36. The van der Waals surface area contributed by atoms with Gasteiger partial charge >= 0.3 is 0 Å². The van der Waals surface area contributed by atoms with Crippen molar-refractivity contribution in [2.24, 2.45) is 0 Å². The molecule has 0 spiro atoms. The summed E-state index contributed by atoms with van der Waals surface area (Å²) in [5.41, 5.74) is 5.30. The zero-order valence-electron chi connectivity index (χ0n) is 15.4. The van der Waals surface area contributed by atoms with Gasteiger partial charge in [0, 0.05) is 0 Å². The van der Waals surface area contributed by atoms with Crippen molar-refractivity contribution in [3.8, 4) is 0 Å². The third-order valence-electron chi connectivity index (χ3n) is 5.28. The normalized spacial score (nSPS) is 22.7. The average molecular weight is 342 g/mol. The molecule has 1 heterocycles. The van der Waals surface area contributed by atoms with E-state index in [-0.39, 0.29) is 18.2 Å². The van der Waals surface area contributed by atoms with Gasteiger partial charge in [-0.15, -0.1) is 0 Å². The molecule has 1 aliphatic rings. The number of nitrogens with one attached hydrogen (secondary N) is 2. The highest BCUT2D eigenvalue weighted by molar-refractivity contribution is 5.33. The van der Waals surface area contributed by atoms with Crippen LogP contribution in [0.4, 0.5) is 0 Å². The van der Waals surface area contributed by atoms with E-state index in [0.29, 0.717) is 5.92 Å². The Morgan fingerprint density at radius 3 is 1.46 bits per heavy atom. The molecule has 132 valence electrons. The van der Waals surface area contributed by atoms with Gasteiger partial charge in [-0.3, -0.25) is 10.6 Å². The predicted octanol–water partition coefficient (Wildman–Crippen LogP) is 5.48. The highest BCUT2D eigenvalue weighted by Gasteiger charge is 2.35. The number of hydrogen-bond acceptors (Lipinski definition) is 2. The predicted molar refractivity (Wildman–Crippen MR) is 108 cm³/mol. The van der Waals surface area contributed by atoms with E-state index < -0.39 is 0 Å². The maximum absolute atomic E-state index is 3.81. The smallest absolute Gasteiger partial charge is 0.0846 e. The first kappa shape index (κ1) is 17.0. The van der Waals surface area contributed by atoms with Crippen molar-refractivity contribution in [1.82, 2.24) is 10.6 Å². The lowest BCUT2D eigenvalue weighted by atomic mass is 9.95. The van der Waals surface area contributed by atoms with Crippen LogP contribution in [0.2, 0.25) is 0 Å². The Hall–Kier alpha value is -2.42. The summed E-state index contributed by atoms with van der Waals surface area (Å²) in [6, 6.07) is 30.9. The van der Waals surface area contributed by atoms with Gasteiger partial charge in [0.1, 0.15) is 0 Å². The third kappa shape index (κ3) is 3.44. The van der Waals surface area contributed by atoms with Crippen LogP contribution in [0, 0.1) is 0 Å². The van der Waals surface area contributed by atoms with Crippen LogP contribution in [0.25, 0.3) is 0 Å². The van der Waals surface area contributed by atoms with E-state index in [1.807, 2.05) is 0 Å². The summed E-state index contributed by atoms with van der Waals surface area (Å²) in [7, 11) is 0. The summed E-state index contributed by atoms with van der Waals surface area (Å²) in [6.07, 6.45) is 0.145. The number of benzene rings is 3. The van der Waals surface area contributed by atoms with Crippen LogP contribution in [-0.2, 0) is 0 Å². The van der Waals surface area contributed by atoms with Crippen molar-refractivity contribution in [2.75, 3.05) is 0 Å². The summed E-state index contributed by atoms with van der Waals surface area (Å²) in [6.45, 7) is 4.47. The van der Waals surface area contributed by atoms with Crippen LogP contribution in [0.5, 0.6) is 0 Å². The Kier molecular flexibility index (Phi) is 4.87. The van der Waals surface area contributed by atoms with Crippen LogP contribution < -0.4 is 10.6 Å². The zero-order chi connectivity index (χ0) is 17.9. The molecule has 0 saturated carbocycles. The molecule has 1 fully saturated rings. The molecule has 2 heteroatoms. The van der Waals surface area contributed by atoms with Gasteiger partial charge in [0.25, 0.3) is 0 Å². The van der Waals surface area contributed by atoms with Crippen molar-refractivity contribution in [2.45, 2.75) is 38.0 Å². The molecule has 4 rings (SSSR count). The molecule has 0 aromatic heterocycles. The molecule has 0 aliphatic carbocycles. The fourth-order valence-corrected chi connectivity index (χ4v) is 3.76. The van der Waals surface area contributed by atoms with Gasteiger partial charge in [-0.05, 0) is 28.2 Å². The maximum Gasteiger partial charge on any atom is 0.0846 e. The molecule has 1 saturated heterocycles. The molecular formula is C24H26N2. The molecule has 0 bridgehead atoms. The van der Waals surface area contributed by atoms with E-state index in [1.54, 1.807) is 0 Å². The van der Waals surface area contributed by atoms with E-state index in [0.717, 1.165) is 0 Å². The van der Waals surface area contributed by atoms with Gasteiger partial charge in [0.15, 0.2) is 0 Å². The standard InChI is InChI=1S/C24H26N2/c1-17(2)18-13-15-21(16-14-18)24-25-22(19-9-5-3-6-10-19)23(26-24)20-11-7-4-8-12-20/h3-17,22-26H,1-2H3. The van der Waals surface area contributed by atoms with Crippen molar-refractivity contribution < 1.29 is 0 Å². The monoisotopic (exact) mass is 342 g/mol. The average Bonchev–Trinajstić information content (AvgIpc) is 3.15. The van der Waals surface area contributed by atoms with Crippen LogP contribution in [0.1, 0.15) is 60.3 Å². The topological polar surface area (TPSA) is 24.1 Å². The molecule has 2 N–H and O–H groups in total. The maximum atomic E-state index is 3.81. The van der Waals surface area contributed by atoms with Crippen LogP contribution in [0.3, 0.4) is 0 Å². The van der Waals surface area contributed by atoms with Gasteiger partial charge in [0.2, 0.25) is 0 Å². The Bertz CT molecular complexity index is 778. The lowest BCUT2D eigenvalue weighted by Gasteiger charge is -2.19. The second-order valence-electron chi connectivity index (χ2n) is 7.36. The number of hydrogen-bond donors (Lipinski definition) is 2. The summed E-state index contributed by atoms with van der Waals surface area (Å²) in [5.74, 6) is 0.558. The first-order valence-electron chi connectivity index (χ1n) is 9.44. The molecule has 2 nitrogen and oxygen atoms in total. The van der Waals surface area contributed by atoms with Gasteiger partial charge in [0.05, 0.1) is 18.2 Å². The van der Waals surface area contributed by atoms with Crippen molar-refractivity contribution in [3.63, 3.8) is 0 Å². The first-order chi connectivity index (χ1) is 12.7. The zero-order valence-corrected chi connectivity index (χ0v) is 15.4. The minimum atomic E-state index is 0.145. The second kappa shape index (κ2) is 7.45. The Morgan fingerprint density at radius 2 is 1.04 bits per heavy atom. The fraction of sp³-hybridized carbons (Fsp3) is 0.250. The third-order valence-corrected chi connectivity index (χ3v) is 5.28. The molecule has 26 heavy (non-hydrogen) atoms. The minimum absolute atomic E-state index is 0.145. The molecule has 0 amide bonds. The van der Waals surface area contributed by atoms with E-state index >= 15 is 0 Å². The van der Waals surface area contributed by atoms with Crippen LogP contribution in [0.15, 0.2) is 84.9 Å². The fourth-order valence-electron chi connectivity index (χ4n) is 3.76. The molecule has 1 aliphatic heterocycles.